The van der Waals surface area contributed by atoms with Crippen LogP contribution in [0.15, 0.2) is 29.1 Å². The molecule has 0 unspecified atom stereocenters. The maximum Gasteiger partial charge on any atom is 0.253 e. The monoisotopic (exact) mass is 319 g/mol. The van der Waals surface area contributed by atoms with Crippen LogP contribution in [0.2, 0.25) is 0 Å². The molecule has 0 saturated carbocycles. The van der Waals surface area contributed by atoms with E-state index in [2.05, 4.69) is 10.3 Å². The summed E-state index contributed by atoms with van der Waals surface area (Å²) < 4.78 is 0. The molecule has 0 atom stereocenters. The van der Waals surface area contributed by atoms with Crippen molar-refractivity contribution < 1.29 is 5.11 Å². The van der Waals surface area contributed by atoms with Crippen molar-refractivity contribution in [1.82, 2.24) is 15.2 Å². The van der Waals surface area contributed by atoms with E-state index in [1.54, 1.807) is 7.05 Å². The number of aliphatic hydroxyl groups excluding tert-OH is 1. The lowest BCUT2D eigenvalue weighted by molar-refractivity contribution is 0.264. The number of hydrogen-bond donors (Lipinski definition) is 3. The summed E-state index contributed by atoms with van der Waals surface area (Å²) in [5.41, 5.74) is 2.47. The number of benzene rings is 1. The third kappa shape index (κ3) is 3.64. The molecule has 0 saturated heterocycles. The van der Waals surface area contributed by atoms with E-state index in [1.165, 1.54) is 0 Å². The summed E-state index contributed by atoms with van der Waals surface area (Å²) in [7, 11) is 1.75. The molecule has 3 N–H and O–H groups in total. The smallest absolute Gasteiger partial charge is 0.253 e. The van der Waals surface area contributed by atoms with Gasteiger partial charge in [-0.15, -0.1) is 0 Å². The summed E-state index contributed by atoms with van der Waals surface area (Å²) in [5, 5.41) is 13.5. The number of aliphatic hydroxyl groups is 1. The van der Waals surface area contributed by atoms with Crippen LogP contribution in [0.3, 0.4) is 0 Å². The largest absolute Gasteiger partial charge is 0.396 e. The van der Waals surface area contributed by atoms with Crippen molar-refractivity contribution >= 4 is 28.2 Å². The number of nitrogens with one attached hydrogen (secondary N) is 2. The number of aromatic nitrogens is 1. The van der Waals surface area contributed by atoms with Crippen molar-refractivity contribution in [3.63, 3.8) is 0 Å². The molecule has 118 valence electrons. The fourth-order valence-corrected chi connectivity index (χ4v) is 2.58. The molecule has 0 aliphatic rings. The van der Waals surface area contributed by atoms with Crippen LogP contribution < -0.4 is 10.9 Å². The van der Waals surface area contributed by atoms with E-state index in [0.29, 0.717) is 30.2 Å². The van der Waals surface area contributed by atoms with Gasteiger partial charge in [0.15, 0.2) is 5.11 Å². The first-order valence-corrected chi connectivity index (χ1v) is 7.66. The van der Waals surface area contributed by atoms with Crippen LogP contribution in [-0.2, 0) is 6.54 Å². The lowest BCUT2D eigenvalue weighted by Crippen LogP contribution is -2.39. The SMILES string of the molecule is CNC(=S)N(CCCO)Cc1cc2cccc(C)c2[nH]c1=O. The molecule has 1 aromatic carbocycles. The van der Waals surface area contributed by atoms with Gasteiger partial charge in [0, 0.05) is 25.8 Å². The van der Waals surface area contributed by atoms with E-state index in [1.807, 2.05) is 36.1 Å². The highest BCUT2D eigenvalue weighted by molar-refractivity contribution is 7.80. The summed E-state index contributed by atoms with van der Waals surface area (Å²) >= 11 is 5.27. The first-order chi connectivity index (χ1) is 10.6. The average Bonchev–Trinajstić information content (AvgIpc) is 2.52. The number of fused-ring (bicyclic) bond motifs is 1. The van der Waals surface area contributed by atoms with Crippen molar-refractivity contribution in [3.8, 4) is 0 Å². The Bertz CT molecular complexity index is 727. The molecule has 5 nitrogen and oxygen atoms in total. The lowest BCUT2D eigenvalue weighted by atomic mass is 10.1. The molecular formula is C16H21N3O2S. The lowest BCUT2D eigenvalue weighted by Gasteiger charge is -2.24. The third-order valence-corrected chi connectivity index (χ3v) is 4.08. The number of hydrogen-bond acceptors (Lipinski definition) is 3. The van der Waals surface area contributed by atoms with Gasteiger partial charge in [0.05, 0.1) is 12.1 Å². The topological polar surface area (TPSA) is 68.4 Å². The zero-order valence-electron chi connectivity index (χ0n) is 12.8. The highest BCUT2D eigenvalue weighted by Gasteiger charge is 2.12. The van der Waals surface area contributed by atoms with Crippen molar-refractivity contribution in [2.45, 2.75) is 19.9 Å². The van der Waals surface area contributed by atoms with Crippen LogP contribution in [0.5, 0.6) is 0 Å². The molecule has 2 rings (SSSR count). The standard InChI is InChI=1S/C16H21N3O2S/c1-11-5-3-6-12-9-13(15(21)18-14(11)12)10-19(7-4-8-20)16(22)17-2/h3,5-6,9,20H,4,7-8,10H2,1-2H3,(H,17,22)(H,18,21). The third-order valence-electron chi connectivity index (χ3n) is 3.61. The minimum absolute atomic E-state index is 0.0934. The van der Waals surface area contributed by atoms with Gasteiger partial charge in [0.25, 0.3) is 5.56 Å². The van der Waals surface area contributed by atoms with E-state index in [0.717, 1.165) is 16.5 Å². The van der Waals surface area contributed by atoms with Gasteiger partial charge in [-0.3, -0.25) is 4.79 Å². The van der Waals surface area contributed by atoms with Gasteiger partial charge in [0.1, 0.15) is 0 Å². The van der Waals surface area contributed by atoms with E-state index in [4.69, 9.17) is 17.3 Å². The summed E-state index contributed by atoms with van der Waals surface area (Å²) in [6, 6.07) is 7.84. The Morgan fingerprint density at radius 2 is 2.23 bits per heavy atom. The van der Waals surface area contributed by atoms with Crippen molar-refractivity contribution in [3.05, 3.63) is 45.7 Å². The molecule has 0 radical (unpaired) electrons. The molecular weight excluding hydrogens is 298 g/mol. The number of H-pyrrole nitrogens is 1. The van der Waals surface area contributed by atoms with E-state index < -0.39 is 0 Å². The Balaban J connectivity index is 2.34. The summed E-state index contributed by atoms with van der Waals surface area (Å²) in [4.78, 5) is 17.1. The number of pyridine rings is 1. The van der Waals surface area contributed by atoms with Gasteiger partial charge < -0.3 is 20.3 Å². The zero-order valence-corrected chi connectivity index (χ0v) is 13.7. The number of para-hydroxylation sites is 1. The summed E-state index contributed by atoms with van der Waals surface area (Å²) in [6.07, 6.45) is 0.604. The Morgan fingerprint density at radius 3 is 2.91 bits per heavy atom. The molecule has 0 bridgehead atoms. The zero-order chi connectivity index (χ0) is 16.1. The minimum Gasteiger partial charge on any atom is -0.396 e. The summed E-state index contributed by atoms with van der Waals surface area (Å²) in [5.74, 6) is 0. The molecule has 0 amide bonds. The summed E-state index contributed by atoms with van der Waals surface area (Å²) in [6.45, 7) is 3.08. The van der Waals surface area contributed by atoms with Gasteiger partial charge in [-0.25, -0.2) is 0 Å². The van der Waals surface area contributed by atoms with Gasteiger partial charge in [-0.05, 0) is 42.6 Å². The van der Waals surface area contributed by atoms with Crippen LogP contribution >= 0.6 is 12.2 Å². The molecule has 1 aromatic heterocycles. The van der Waals surface area contributed by atoms with Crippen LogP contribution in [0.4, 0.5) is 0 Å². The molecule has 0 spiro atoms. The van der Waals surface area contributed by atoms with Crippen molar-refractivity contribution in [1.29, 1.82) is 0 Å². The van der Waals surface area contributed by atoms with Crippen LogP contribution in [0.25, 0.3) is 10.9 Å². The van der Waals surface area contributed by atoms with Crippen molar-refractivity contribution in [2.75, 3.05) is 20.2 Å². The Kier molecular flexibility index (Phi) is 5.51. The van der Waals surface area contributed by atoms with Gasteiger partial charge in [-0.2, -0.15) is 0 Å². The molecule has 22 heavy (non-hydrogen) atoms. The average molecular weight is 319 g/mol. The number of nitrogens with zero attached hydrogens (tertiary/aromatic N) is 1. The van der Waals surface area contributed by atoms with Gasteiger partial charge >= 0.3 is 0 Å². The molecule has 1 heterocycles. The van der Waals surface area contributed by atoms with Crippen LogP contribution in [0, 0.1) is 6.92 Å². The number of aromatic amines is 1. The Labute approximate surface area is 135 Å². The fourth-order valence-electron chi connectivity index (χ4n) is 2.42. The minimum atomic E-state index is -0.102. The second-order valence-electron chi connectivity index (χ2n) is 5.22. The predicted octanol–water partition coefficient (Wildman–Crippen LogP) is 1.53. The van der Waals surface area contributed by atoms with Crippen molar-refractivity contribution in [2.24, 2.45) is 0 Å². The van der Waals surface area contributed by atoms with E-state index in [9.17, 15) is 4.79 Å². The van der Waals surface area contributed by atoms with Crippen LogP contribution in [0.1, 0.15) is 17.5 Å². The van der Waals surface area contributed by atoms with Gasteiger partial charge in [-0.1, -0.05) is 18.2 Å². The van der Waals surface area contributed by atoms with E-state index in [-0.39, 0.29) is 12.2 Å². The first kappa shape index (κ1) is 16.5. The molecule has 0 aliphatic heterocycles. The molecule has 2 aromatic rings. The quantitative estimate of drug-likeness (QED) is 0.729. The second kappa shape index (κ2) is 7.38. The maximum atomic E-state index is 12.3. The molecule has 0 fully saturated rings. The Hall–Kier alpha value is -1.92. The number of thiocarbonyl (C=S) groups is 1. The highest BCUT2D eigenvalue weighted by Crippen LogP contribution is 2.15. The number of rotatable bonds is 5. The van der Waals surface area contributed by atoms with E-state index >= 15 is 0 Å². The highest BCUT2D eigenvalue weighted by atomic mass is 32.1. The second-order valence-corrected chi connectivity index (χ2v) is 5.60. The normalized spacial score (nSPS) is 10.7. The number of aryl methyl sites for hydroxylation is 1. The molecule has 0 aliphatic carbocycles. The predicted molar refractivity (Wildman–Crippen MR) is 93.1 cm³/mol. The fraction of sp³-hybridized carbons (Fsp3) is 0.375. The molecule has 6 heteroatoms. The van der Waals surface area contributed by atoms with Gasteiger partial charge in [0.2, 0.25) is 0 Å². The van der Waals surface area contributed by atoms with Crippen LogP contribution in [-0.4, -0.2) is 40.3 Å². The first-order valence-electron chi connectivity index (χ1n) is 7.26. The maximum absolute atomic E-state index is 12.3. The Morgan fingerprint density at radius 1 is 1.45 bits per heavy atom.